The third-order valence-corrected chi connectivity index (χ3v) is 4.14. The number of amides is 1. The average Bonchev–Trinajstić information content (AvgIpc) is 2.69. The standard InChI is InChI=1S/C21H22FNO4/c1-3-14-9-10-15(4-2)17(11-14)19(24)13-27-20(25)12-23-21(26)16-7-5-6-8-18(16)22/h5-11H,3-4,12-13H2,1-2H3,(H,23,26). The van der Waals surface area contributed by atoms with Crippen molar-refractivity contribution in [2.75, 3.05) is 13.2 Å². The highest BCUT2D eigenvalue weighted by atomic mass is 19.1. The number of rotatable bonds is 8. The second-order valence-corrected chi connectivity index (χ2v) is 5.94. The Morgan fingerprint density at radius 2 is 1.74 bits per heavy atom. The van der Waals surface area contributed by atoms with E-state index in [-0.39, 0.29) is 11.3 Å². The molecule has 0 aliphatic heterocycles. The number of aryl methyl sites for hydroxylation is 2. The SMILES string of the molecule is CCc1ccc(CC)c(C(=O)COC(=O)CNC(=O)c2ccccc2F)c1. The number of ketones is 1. The molecule has 0 radical (unpaired) electrons. The predicted octanol–water partition coefficient (Wildman–Crippen LogP) is 3.11. The van der Waals surface area contributed by atoms with Crippen molar-refractivity contribution < 1.29 is 23.5 Å². The Hall–Kier alpha value is -3.02. The summed E-state index contributed by atoms with van der Waals surface area (Å²) in [5, 5.41) is 2.28. The first-order chi connectivity index (χ1) is 13.0. The van der Waals surface area contributed by atoms with Gasteiger partial charge >= 0.3 is 5.97 Å². The van der Waals surface area contributed by atoms with E-state index < -0.39 is 30.8 Å². The maximum Gasteiger partial charge on any atom is 0.325 e. The van der Waals surface area contributed by atoms with Gasteiger partial charge in [-0.1, -0.05) is 38.1 Å². The van der Waals surface area contributed by atoms with Crippen LogP contribution in [0.2, 0.25) is 0 Å². The highest BCUT2D eigenvalue weighted by molar-refractivity contribution is 6.00. The fourth-order valence-electron chi connectivity index (χ4n) is 2.58. The Morgan fingerprint density at radius 3 is 2.41 bits per heavy atom. The Balaban J connectivity index is 1.89. The van der Waals surface area contributed by atoms with Gasteiger partial charge in [-0.2, -0.15) is 0 Å². The van der Waals surface area contributed by atoms with E-state index in [1.165, 1.54) is 18.2 Å². The van der Waals surface area contributed by atoms with Gasteiger partial charge in [0.15, 0.2) is 6.61 Å². The van der Waals surface area contributed by atoms with Crippen molar-refractivity contribution in [3.05, 3.63) is 70.5 Å². The molecular weight excluding hydrogens is 349 g/mol. The third-order valence-electron chi connectivity index (χ3n) is 4.14. The summed E-state index contributed by atoms with van der Waals surface area (Å²) >= 11 is 0. The van der Waals surface area contributed by atoms with Gasteiger partial charge in [-0.25, -0.2) is 4.39 Å². The molecule has 2 aromatic carbocycles. The number of halogens is 1. The molecule has 2 aromatic rings. The molecule has 0 bridgehead atoms. The summed E-state index contributed by atoms with van der Waals surface area (Å²) < 4.78 is 18.5. The van der Waals surface area contributed by atoms with E-state index in [4.69, 9.17) is 4.74 Å². The molecule has 6 heteroatoms. The molecule has 0 aromatic heterocycles. The molecule has 0 aliphatic carbocycles. The number of Topliss-reactive ketones (excluding diaryl/α,β-unsaturated/α-hetero) is 1. The van der Waals surface area contributed by atoms with Gasteiger partial charge in [-0.15, -0.1) is 0 Å². The number of carbonyl (C=O) groups is 3. The van der Waals surface area contributed by atoms with Crippen LogP contribution in [0.4, 0.5) is 4.39 Å². The fraction of sp³-hybridized carbons (Fsp3) is 0.286. The van der Waals surface area contributed by atoms with Crippen molar-refractivity contribution in [3.63, 3.8) is 0 Å². The van der Waals surface area contributed by atoms with Crippen LogP contribution in [-0.4, -0.2) is 30.8 Å². The zero-order valence-electron chi connectivity index (χ0n) is 15.4. The lowest BCUT2D eigenvalue weighted by Gasteiger charge is -2.10. The first-order valence-electron chi connectivity index (χ1n) is 8.79. The van der Waals surface area contributed by atoms with E-state index in [1.54, 1.807) is 0 Å². The number of hydrogen-bond donors (Lipinski definition) is 1. The van der Waals surface area contributed by atoms with Crippen molar-refractivity contribution >= 4 is 17.7 Å². The van der Waals surface area contributed by atoms with Crippen molar-refractivity contribution in [1.82, 2.24) is 5.32 Å². The van der Waals surface area contributed by atoms with Crippen LogP contribution in [0.5, 0.6) is 0 Å². The van der Waals surface area contributed by atoms with Gasteiger partial charge in [0.1, 0.15) is 12.4 Å². The Labute approximate surface area is 157 Å². The maximum absolute atomic E-state index is 13.5. The normalized spacial score (nSPS) is 10.3. The second kappa shape index (κ2) is 9.62. The van der Waals surface area contributed by atoms with Crippen molar-refractivity contribution in [2.45, 2.75) is 26.7 Å². The number of esters is 1. The van der Waals surface area contributed by atoms with Crippen molar-refractivity contribution in [2.24, 2.45) is 0 Å². The molecule has 0 aliphatic rings. The minimum Gasteiger partial charge on any atom is -0.456 e. The van der Waals surface area contributed by atoms with Gasteiger partial charge in [0.25, 0.3) is 5.91 Å². The van der Waals surface area contributed by atoms with Gasteiger partial charge in [-0.05, 0) is 42.2 Å². The van der Waals surface area contributed by atoms with Crippen LogP contribution >= 0.6 is 0 Å². The van der Waals surface area contributed by atoms with Crippen LogP contribution < -0.4 is 5.32 Å². The molecule has 0 saturated carbocycles. The van der Waals surface area contributed by atoms with E-state index >= 15 is 0 Å². The van der Waals surface area contributed by atoms with Crippen LogP contribution in [0.3, 0.4) is 0 Å². The smallest absolute Gasteiger partial charge is 0.325 e. The van der Waals surface area contributed by atoms with Gasteiger partial charge in [-0.3, -0.25) is 14.4 Å². The summed E-state index contributed by atoms with van der Waals surface area (Å²) in [6.45, 7) is 3.08. The molecule has 0 unspecified atom stereocenters. The zero-order valence-corrected chi connectivity index (χ0v) is 15.4. The molecule has 0 spiro atoms. The lowest BCUT2D eigenvalue weighted by atomic mass is 9.98. The minimum absolute atomic E-state index is 0.162. The van der Waals surface area contributed by atoms with E-state index in [9.17, 15) is 18.8 Å². The molecule has 1 N–H and O–H groups in total. The van der Waals surface area contributed by atoms with Crippen molar-refractivity contribution in [1.29, 1.82) is 0 Å². The summed E-state index contributed by atoms with van der Waals surface area (Å²) in [7, 11) is 0. The van der Waals surface area contributed by atoms with E-state index in [1.807, 2.05) is 32.0 Å². The monoisotopic (exact) mass is 371 g/mol. The average molecular weight is 371 g/mol. The van der Waals surface area contributed by atoms with E-state index in [0.717, 1.165) is 23.6 Å². The molecular formula is C21H22FNO4. The predicted molar refractivity (Wildman–Crippen MR) is 99.2 cm³/mol. The lowest BCUT2D eigenvalue weighted by molar-refractivity contribution is -0.141. The molecule has 2 rings (SSSR count). The quantitative estimate of drug-likeness (QED) is 0.572. The van der Waals surface area contributed by atoms with Gasteiger partial charge in [0.2, 0.25) is 5.78 Å². The highest BCUT2D eigenvalue weighted by Gasteiger charge is 2.16. The number of benzene rings is 2. The minimum atomic E-state index is -0.766. The van der Waals surface area contributed by atoms with Gasteiger partial charge in [0.05, 0.1) is 5.56 Å². The topological polar surface area (TPSA) is 72.5 Å². The van der Waals surface area contributed by atoms with Gasteiger partial charge < -0.3 is 10.1 Å². The first kappa shape index (κ1) is 20.3. The number of nitrogens with one attached hydrogen (secondary N) is 1. The molecule has 0 saturated heterocycles. The van der Waals surface area contributed by atoms with Crippen LogP contribution in [0, 0.1) is 5.82 Å². The van der Waals surface area contributed by atoms with Crippen LogP contribution in [0.1, 0.15) is 45.7 Å². The third kappa shape index (κ3) is 5.48. The largest absolute Gasteiger partial charge is 0.456 e. The second-order valence-electron chi connectivity index (χ2n) is 5.94. The summed E-state index contributed by atoms with van der Waals surface area (Å²) in [5.74, 6) is -2.46. The number of carbonyl (C=O) groups excluding carboxylic acids is 3. The lowest BCUT2D eigenvalue weighted by Crippen LogP contribution is -2.32. The van der Waals surface area contributed by atoms with Gasteiger partial charge in [0, 0.05) is 5.56 Å². The molecule has 1 amide bonds. The van der Waals surface area contributed by atoms with Crippen LogP contribution in [0.25, 0.3) is 0 Å². The summed E-state index contributed by atoms with van der Waals surface area (Å²) in [5.41, 5.74) is 2.30. The molecule has 0 atom stereocenters. The van der Waals surface area contributed by atoms with E-state index in [0.29, 0.717) is 12.0 Å². The van der Waals surface area contributed by atoms with Crippen LogP contribution in [0.15, 0.2) is 42.5 Å². The first-order valence-corrected chi connectivity index (χ1v) is 8.79. The summed E-state index contributed by atoms with van der Waals surface area (Å²) in [6.07, 6.45) is 1.49. The molecule has 5 nitrogen and oxygen atoms in total. The number of hydrogen-bond acceptors (Lipinski definition) is 4. The van der Waals surface area contributed by atoms with E-state index in [2.05, 4.69) is 5.32 Å². The molecule has 27 heavy (non-hydrogen) atoms. The molecule has 0 heterocycles. The Kier molecular flexibility index (Phi) is 7.23. The summed E-state index contributed by atoms with van der Waals surface area (Å²) in [4.78, 5) is 36.0. The zero-order chi connectivity index (χ0) is 19.8. The summed E-state index contributed by atoms with van der Waals surface area (Å²) in [6, 6.07) is 11.1. The Bertz CT molecular complexity index is 848. The maximum atomic E-state index is 13.5. The fourth-order valence-corrected chi connectivity index (χ4v) is 2.58. The molecule has 142 valence electrons. The Morgan fingerprint density at radius 1 is 1.00 bits per heavy atom. The number of ether oxygens (including phenoxy) is 1. The van der Waals surface area contributed by atoms with Crippen molar-refractivity contribution in [3.8, 4) is 0 Å². The molecule has 0 fully saturated rings. The highest BCUT2D eigenvalue weighted by Crippen LogP contribution is 2.14. The van der Waals surface area contributed by atoms with Crippen LogP contribution in [-0.2, 0) is 22.4 Å².